The molecule has 1 fully saturated rings. The van der Waals surface area contributed by atoms with E-state index in [9.17, 15) is 13.2 Å². The minimum Gasteiger partial charge on any atom is -0.462 e. The van der Waals surface area contributed by atoms with E-state index in [-0.39, 0.29) is 12.4 Å². The number of esters is 1. The molecule has 1 aliphatic heterocycles. The summed E-state index contributed by atoms with van der Waals surface area (Å²) in [5.74, 6) is 0.204. The first kappa shape index (κ1) is 18.1. The van der Waals surface area contributed by atoms with Crippen molar-refractivity contribution < 1.29 is 22.4 Å². The highest BCUT2D eigenvalue weighted by Gasteiger charge is 2.39. The SMILES string of the molecule is CCCS(=O)(=O)N1CCCC1C(=O)OCc1csc(-c2ccco2)n1. The highest BCUT2D eigenvalue weighted by molar-refractivity contribution is 7.89. The van der Waals surface area contributed by atoms with Gasteiger partial charge in [-0.2, -0.15) is 4.31 Å². The van der Waals surface area contributed by atoms with Crippen molar-refractivity contribution in [2.24, 2.45) is 0 Å². The maximum atomic E-state index is 12.3. The van der Waals surface area contributed by atoms with Gasteiger partial charge in [0.25, 0.3) is 0 Å². The van der Waals surface area contributed by atoms with Crippen LogP contribution >= 0.6 is 11.3 Å². The third-order valence-electron chi connectivity index (χ3n) is 3.94. The Morgan fingerprint density at radius 2 is 2.36 bits per heavy atom. The van der Waals surface area contributed by atoms with Gasteiger partial charge in [-0.3, -0.25) is 4.79 Å². The van der Waals surface area contributed by atoms with Gasteiger partial charge >= 0.3 is 5.97 Å². The van der Waals surface area contributed by atoms with Crippen LogP contribution in [0.25, 0.3) is 10.8 Å². The van der Waals surface area contributed by atoms with Gasteiger partial charge in [0.05, 0.1) is 17.7 Å². The summed E-state index contributed by atoms with van der Waals surface area (Å²) in [6.07, 6.45) is 3.26. The number of carbonyl (C=O) groups excluding carboxylic acids is 1. The normalized spacial score (nSPS) is 18.5. The number of rotatable bonds is 7. The Kier molecular flexibility index (Phi) is 5.55. The fourth-order valence-electron chi connectivity index (χ4n) is 2.81. The van der Waals surface area contributed by atoms with E-state index in [0.717, 1.165) is 0 Å². The number of aromatic nitrogens is 1. The van der Waals surface area contributed by atoms with Crippen LogP contribution in [0.2, 0.25) is 0 Å². The van der Waals surface area contributed by atoms with E-state index >= 15 is 0 Å². The van der Waals surface area contributed by atoms with E-state index in [0.29, 0.717) is 42.3 Å². The minimum absolute atomic E-state index is 0.0220. The van der Waals surface area contributed by atoms with E-state index in [1.807, 2.05) is 6.07 Å². The Morgan fingerprint density at radius 3 is 3.08 bits per heavy atom. The summed E-state index contributed by atoms with van der Waals surface area (Å²) in [6.45, 7) is 2.20. The van der Waals surface area contributed by atoms with Crippen molar-refractivity contribution in [3.05, 3.63) is 29.5 Å². The summed E-state index contributed by atoms with van der Waals surface area (Å²) >= 11 is 1.40. The molecule has 1 unspecified atom stereocenters. The van der Waals surface area contributed by atoms with Crippen molar-refractivity contribution in [1.29, 1.82) is 0 Å². The third-order valence-corrected chi connectivity index (χ3v) is 6.92. The lowest BCUT2D eigenvalue weighted by Crippen LogP contribution is -2.42. The van der Waals surface area contributed by atoms with E-state index in [1.54, 1.807) is 24.6 Å². The first-order chi connectivity index (χ1) is 12.0. The summed E-state index contributed by atoms with van der Waals surface area (Å²) < 4.78 is 36.4. The molecule has 0 bridgehead atoms. The lowest BCUT2D eigenvalue weighted by Gasteiger charge is -2.22. The predicted molar refractivity (Wildman–Crippen MR) is 93.4 cm³/mol. The minimum atomic E-state index is -3.41. The standard InChI is InChI=1S/C16H20N2O5S2/c1-2-9-25(20,21)18-7-3-5-13(18)16(19)23-10-12-11-24-15(17-12)14-6-4-8-22-14/h4,6,8,11,13H,2-3,5,7,9-10H2,1H3. The third kappa shape index (κ3) is 4.10. The lowest BCUT2D eigenvalue weighted by atomic mass is 10.2. The van der Waals surface area contributed by atoms with E-state index in [1.165, 1.54) is 15.6 Å². The summed E-state index contributed by atoms with van der Waals surface area (Å²) in [5.41, 5.74) is 0.616. The van der Waals surface area contributed by atoms with Crippen molar-refractivity contribution in [3.63, 3.8) is 0 Å². The molecule has 2 aromatic rings. The van der Waals surface area contributed by atoms with E-state index in [2.05, 4.69) is 4.98 Å². The molecule has 0 spiro atoms. The van der Waals surface area contributed by atoms with Crippen molar-refractivity contribution in [2.75, 3.05) is 12.3 Å². The molecule has 0 aliphatic carbocycles. The maximum absolute atomic E-state index is 12.3. The second-order valence-electron chi connectivity index (χ2n) is 5.81. The van der Waals surface area contributed by atoms with Crippen LogP contribution in [0.3, 0.4) is 0 Å². The van der Waals surface area contributed by atoms with Gasteiger partial charge in [-0.1, -0.05) is 6.92 Å². The van der Waals surface area contributed by atoms with Crippen LogP contribution < -0.4 is 0 Å². The molecule has 136 valence electrons. The number of ether oxygens (including phenoxy) is 1. The van der Waals surface area contributed by atoms with E-state index < -0.39 is 22.0 Å². The number of hydrogen-bond acceptors (Lipinski definition) is 7. The first-order valence-corrected chi connectivity index (χ1v) is 10.6. The van der Waals surface area contributed by atoms with E-state index in [4.69, 9.17) is 9.15 Å². The Morgan fingerprint density at radius 1 is 1.52 bits per heavy atom. The second kappa shape index (κ2) is 7.67. The topological polar surface area (TPSA) is 89.7 Å². The molecule has 0 aromatic carbocycles. The summed E-state index contributed by atoms with van der Waals surface area (Å²) in [6, 6.07) is 2.87. The fourth-order valence-corrected chi connectivity index (χ4v) is 5.32. The average Bonchev–Trinajstić information content (AvgIpc) is 3.32. The summed E-state index contributed by atoms with van der Waals surface area (Å²) in [4.78, 5) is 16.7. The van der Waals surface area contributed by atoms with Gasteiger partial charge in [0.15, 0.2) is 10.8 Å². The molecule has 0 amide bonds. The van der Waals surface area contributed by atoms with Crippen LogP contribution in [0.5, 0.6) is 0 Å². The molecule has 1 atom stereocenters. The maximum Gasteiger partial charge on any atom is 0.324 e. The van der Waals surface area contributed by atoms with Crippen molar-refractivity contribution in [3.8, 4) is 10.8 Å². The second-order valence-corrected chi connectivity index (χ2v) is 8.71. The van der Waals surface area contributed by atoms with Gasteiger partial charge in [-0.15, -0.1) is 11.3 Å². The van der Waals surface area contributed by atoms with Crippen molar-refractivity contribution in [1.82, 2.24) is 9.29 Å². The van der Waals surface area contributed by atoms with Gasteiger partial charge < -0.3 is 9.15 Å². The molecule has 1 aliphatic rings. The molecular weight excluding hydrogens is 364 g/mol. The van der Waals surface area contributed by atoms with Gasteiger partial charge in [0.1, 0.15) is 12.6 Å². The largest absolute Gasteiger partial charge is 0.462 e. The number of furan rings is 1. The zero-order valence-corrected chi connectivity index (χ0v) is 15.5. The molecule has 7 nitrogen and oxygen atoms in total. The molecule has 1 saturated heterocycles. The monoisotopic (exact) mass is 384 g/mol. The van der Waals surface area contributed by atoms with Crippen molar-refractivity contribution >= 4 is 27.3 Å². The molecule has 9 heteroatoms. The zero-order valence-electron chi connectivity index (χ0n) is 13.9. The fraction of sp³-hybridized carbons (Fsp3) is 0.500. The Bertz CT molecular complexity index is 813. The predicted octanol–water partition coefficient (Wildman–Crippen LogP) is 2.65. The number of sulfonamides is 1. The van der Waals surface area contributed by atoms with Crippen LogP contribution in [0.4, 0.5) is 0 Å². The summed E-state index contributed by atoms with van der Waals surface area (Å²) in [5, 5.41) is 2.51. The Labute approximate surface area is 150 Å². The molecule has 25 heavy (non-hydrogen) atoms. The number of carbonyl (C=O) groups is 1. The van der Waals surface area contributed by atoms with Gasteiger partial charge in [-0.05, 0) is 31.4 Å². The molecule has 3 heterocycles. The number of nitrogens with zero attached hydrogens (tertiary/aromatic N) is 2. The highest BCUT2D eigenvalue weighted by atomic mass is 32.2. The molecule has 0 radical (unpaired) electrons. The Hall–Kier alpha value is -1.71. The van der Waals surface area contributed by atoms with Crippen LogP contribution in [-0.2, 0) is 26.2 Å². The van der Waals surface area contributed by atoms with Crippen LogP contribution in [0.1, 0.15) is 31.9 Å². The number of hydrogen-bond donors (Lipinski definition) is 0. The molecule has 2 aromatic heterocycles. The van der Waals surface area contributed by atoms with Gasteiger partial charge in [-0.25, -0.2) is 13.4 Å². The average molecular weight is 384 g/mol. The molecular formula is C16H20N2O5S2. The summed E-state index contributed by atoms with van der Waals surface area (Å²) in [7, 11) is -3.41. The number of thiazole rings is 1. The van der Waals surface area contributed by atoms with Gasteiger partial charge in [0, 0.05) is 11.9 Å². The molecule has 0 N–H and O–H groups in total. The van der Waals surface area contributed by atoms with Gasteiger partial charge in [0.2, 0.25) is 10.0 Å². The molecule has 3 rings (SSSR count). The van der Waals surface area contributed by atoms with Crippen LogP contribution in [0, 0.1) is 0 Å². The first-order valence-electron chi connectivity index (χ1n) is 8.15. The molecule has 0 saturated carbocycles. The zero-order chi connectivity index (χ0) is 17.9. The quantitative estimate of drug-likeness (QED) is 0.682. The van der Waals surface area contributed by atoms with Crippen molar-refractivity contribution in [2.45, 2.75) is 38.8 Å². The lowest BCUT2D eigenvalue weighted by molar-refractivity contribution is -0.148. The highest BCUT2D eigenvalue weighted by Crippen LogP contribution is 2.26. The Balaban J connectivity index is 1.61. The smallest absolute Gasteiger partial charge is 0.324 e. The van der Waals surface area contributed by atoms with Crippen LogP contribution in [-0.4, -0.2) is 42.0 Å². The van der Waals surface area contributed by atoms with Crippen LogP contribution in [0.15, 0.2) is 28.2 Å².